The van der Waals surface area contributed by atoms with E-state index in [1.807, 2.05) is 0 Å². The maximum atomic E-state index is 11.7. The maximum Gasteiger partial charge on any atom is 0.449 e. The SMILES string of the molecule is Cc1ccc(C(F)(F)F)o1.N=C=O. The van der Waals surface area contributed by atoms with Crippen LogP contribution in [0.25, 0.3) is 0 Å². The van der Waals surface area contributed by atoms with Crippen LogP contribution in [0.3, 0.4) is 0 Å². The van der Waals surface area contributed by atoms with Crippen LogP contribution in [0.15, 0.2) is 16.5 Å². The molecule has 0 aliphatic carbocycles. The number of rotatable bonds is 0. The van der Waals surface area contributed by atoms with Crippen LogP contribution in [0.2, 0.25) is 0 Å². The van der Waals surface area contributed by atoms with Crippen molar-refractivity contribution in [2.24, 2.45) is 0 Å². The lowest BCUT2D eigenvalue weighted by Gasteiger charge is -1.99. The Morgan fingerprint density at radius 1 is 1.46 bits per heavy atom. The highest BCUT2D eigenvalue weighted by Crippen LogP contribution is 2.30. The molecule has 1 N–H and O–H groups in total. The minimum atomic E-state index is -4.35. The van der Waals surface area contributed by atoms with Crippen molar-refractivity contribution in [3.05, 3.63) is 23.7 Å². The van der Waals surface area contributed by atoms with Crippen LogP contribution in [0.4, 0.5) is 13.2 Å². The molecule has 1 heterocycles. The molecule has 0 unspecified atom stereocenters. The quantitative estimate of drug-likeness (QED) is 0.508. The molecule has 0 aromatic carbocycles. The zero-order valence-corrected chi connectivity index (χ0v) is 6.61. The first-order chi connectivity index (χ1) is 5.91. The van der Waals surface area contributed by atoms with Crippen molar-refractivity contribution in [3.63, 3.8) is 0 Å². The van der Waals surface area contributed by atoms with E-state index in [0.29, 0.717) is 0 Å². The molecule has 0 radical (unpaired) electrons. The molecule has 72 valence electrons. The molecule has 0 aliphatic rings. The predicted molar refractivity (Wildman–Crippen MR) is 36.9 cm³/mol. The number of alkyl halides is 3. The number of halogens is 3. The maximum absolute atomic E-state index is 11.7. The minimum absolute atomic E-state index is 0.271. The van der Waals surface area contributed by atoms with Gasteiger partial charge in [0.25, 0.3) is 0 Å². The van der Waals surface area contributed by atoms with Crippen molar-refractivity contribution in [1.29, 1.82) is 5.41 Å². The Balaban J connectivity index is 0.000000424. The molecule has 1 aromatic rings. The molecule has 0 saturated carbocycles. The highest BCUT2D eigenvalue weighted by atomic mass is 19.4. The van der Waals surface area contributed by atoms with Gasteiger partial charge in [0, 0.05) is 0 Å². The highest BCUT2D eigenvalue weighted by Gasteiger charge is 2.34. The lowest BCUT2D eigenvalue weighted by molar-refractivity contribution is -0.153. The standard InChI is InChI=1S/C6H5F3O.CHNO/c1-4-2-3-5(10-4)6(7,8)9;2-1-3/h2-3H,1H3;2H. The minimum Gasteiger partial charge on any atom is -0.457 e. The van der Waals surface area contributed by atoms with E-state index in [-0.39, 0.29) is 5.76 Å². The molecule has 0 spiro atoms. The van der Waals surface area contributed by atoms with E-state index in [1.165, 1.54) is 13.0 Å². The molecule has 1 rings (SSSR count). The van der Waals surface area contributed by atoms with Crippen molar-refractivity contribution in [3.8, 4) is 0 Å². The summed E-state index contributed by atoms with van der Waals surface area (Å²) in [6.07, 6.45) is -3.60. The molecule has 0 amide bonds. The summed E-state index contributed by atoms with van der Waals surface area (Å²) in [5.41, 5.74) is 0. The number of aryl methyl sites for hydroxylation is 1. The average molecular weight is 193 g/mol. The zero-order chi connectivity index (χ0) is 10.5. The smallest absolute Gasteiger partial charge is 0.449 e. The summed E-state index contributed by atoms with van der Waals surface area (Å²) in [5.74, 6) is -0.669. The van der Waals surface area contributed by atoms with E-state index >= 15 is 0 Å². The number of furan rings is 1. The molecule has 0 aliphatic heterocycles. The van der Waals surface area contributed by atoms with Gasteiger partial charge in [-0.3, -0.25) is 0 Å². The molecule has 1 aromatic heterocycles. The summed E-state index contributed by atoms with van der Waals surface area (Å²) in [4.78, 5) is 8.35. The number of isocyanates is 1. The zero-order valence-electron chi connectivity index (χ0n) is 6.61. The van der Waals surface area contributed by atoms with Gasteiger partial charge in [-0.15, -0.1) is 0 Å². The Morgan fingerprint density at radius 2 is 1.92 bits per heavy atom. The molecule has 0 bridgehead atoms. The van der Waals surface area contributed by atoms with Crippen LogP contribution in [-0.2, 0) is 11.0 Å². The van der Waals surface area contributed by atoms with Gasteiger partial charge in [-0.25, -0.2) is 10.2 Å². The van der Waals surface area contributed by atoms with Gasteiger partial charge in [-0.05, 0) is 19.1 Å². The molecule has 0 saturated heterocycles. The Morgan fingerprint density at radius 3 is 2.08 bits per heavy atom. The van der Waals surface area contributed by atoms with Gasteiger partial charge >= 0.3 is 6.18 Å². The summed E-state index contributed by atoms with van der Waals surface area (Å²) in [7, 11) is 0. The first-order valence-corrected chi connectivity index (χ1v) is 3.09. The molecular weight excluding hydrogens is 187 g/mol. The summed E-state index contributed by atoms with van der Waals surface area (Å²) >= 11 is 0. The normalized spacial score (nSPS) is 9.85. The van der Waals surface area contributed by atoms with Crippen LogP contribution in [0.1, 0.15) is 11.5 Å². The Labute approximate surface area is 71.7 Å². The third-order valence-electron chi connectivity index (χ3n) is 1.02. The van der Waals surface area contributed by atoms with Gasteiger partial charge in [-0.1, -0.05) is 0 Å². The van der Waals surface area contributed by atoms with Crippen LogP contribution < -0.4 is 0 Å². The van der Waals surface area contributed by atoms with E-state index in [4.69, 9.17) is 10.2 Å². The average Bonchev–Trinajstić information content (AvgIpc) is 2.35. The van der Waals surface area contributed by atoms with Crippen LogP contribution >= 0.6 is 0 Å². The van der Waals surface area contributed by atoms with Gasteiger partial charge in [0.1, 0.15) is 5.76 Å². The van der Waals surface area contributed by atoms with E-state index in [9.17, 15) is 13.2 Å². The van der Waals surface area contributed by atoms with Crippen molar-refractivity contribution in [2.75, 3.05) is 0 Å². The third-order valence-corrected chi connectivity index (χ3v) is 1.02. The fraction of sp³-hybridized carbons (Fsp3) is 0.286. The number of hydrogen-bond donors (Lipinski definition) is 1. The molecule has 0 atom stereocenters. The molecule has 13 heavy (non-hydrogen) atoms. The van der Waals surface area contributed by atoms with Crippen LogP contribution in [0, 0.1) is 12.3 Å². The topological polar surface area (TPSA) is 54.1 Å². The van der Waals surface area contributed by atoms with Gasteiger partial charge in [0.2, 0.25) is 11.8 Å². The van der Waals surface area contributed by atoms with Gasteiger partial charge < -0.3 is 4.42 Å². The second-order valence-corrected chi connectivity index (χ2v) is 2.01. The lowest BCUT2D eigenvalue weighted by atomic mass is 10.4. The van der Waals surface area contributed by atoms with Crippen molar-refractivity contribution < 1.29 is 22.4 Å². The molecular formula is C7H6F3NO2. The van der Waals surface area contributed by atoms with E-state index < -0.39 is 11.9 Å². The summed E-state index contributed by atoms with van der Waals surface area (Å²) in [6.45, 7) is 1.47. The second kappa shape index (κ2) is 4.47. The summed E-state index contributed by atoms with van der Waals surface area (Å²) in [6, 6.07) is 2.19. The van der Waals surface area contributed by atoms with Crippen molar-refractivity contribution >= 4 is 6.08 Å². The monoisotopic (exact) mass is 193 g/mol. The third kappa shape index (κ3) is 4.12. The van der Waals surface area contributed by atoms with Crippen LogP contribution in [-0.4, -0.2) is 6.08 Å². The molecule has 3 nitrogen and oxygen atoms in total. The van der Waals surface area contributed by atoms with E-state index in [2.05, 4.69) is 4.42 Å². The van der Waals surface area contributed by atoms with Crippen molar-refractivity contribution in [2.45, 2.75) is 13.1 Å². The summed E-state index contributed by atoms with van der Waals surface area (Å²) < 4.78 is 39.4. The van der Waals surface area contributed by atoms with Gasteiger partial charge in [-0.2, -0.15) is 13.2 Å². The number of carbonyl (C=O) groups excluding carboxylic acids is 1. The fourth-order valence-corrected chi connectivity index (χ4v) is 0.587. The van der Waals surface area contributed by atoms with E-state index in [0.717, 1.165) is 12.1 Å². The van der Waals surface area contributed by atoms with Gasteiger partial charge in [0.05, 0.1) is 0 Å². The van der Waals surface area contributed by atoms with E-state index in [1.54, 1.807) is 0 Å². The highest BCUT2D eigenvalue weighted by molar-refractivity contribution is 5.26. The Hall–Kier alpha value is -1.55. The summed E-state index contributed by atoms with van der Waals surface area (Å²) in [5, 5.41) is 5.40. The Bertz CT molecular complexity index is 297. The number of nitrogens with one attached hydrogen (secondary N) is 1. The van der Waals surface area contributed by atoms with Crippen molar-refractivity contribution in [1.82, 2.24) is 0 Å². The second-order valence-electron chi connectivity index (χ2n) is 2.01. The fourth-order valence-electron chi connectivity index (χ4n) is 0.587. The predicted octanol–water partition coefficient (Wildman–Crippen LogP) is 2.51. The lowest BCUT2D eigenvalue weighted by Crippen LogP contribution is -2.01. The Kier molecular flexibility index (Phi) is 3.94. The molecule has 6 heteroatoms. The molecule has 0 fully saturated rings. The van der Waals surface area contributed by atoms with Gasteiger partial charge in [0.15, 0.2) is 0 Å². The number of hydrogen-bond acceptors (Lipinski definition) is 3. The van der Waals surface area contributed by atoms with Crippen LogP contribution in [0.5, 0.6) is 0 Å². The first-order valence-electron chi connectivity index (χ1n) is 3.09. The first kappa shape index (κ1) is 11.4. The largest absolute Gasteiger partial charge is 0.457 e.